The van der Waals surface area contributed by atoms with Crippen LogP contribution in [0, 0.1) is 0 Å². The number of hydrogen-bond donors (Lipinski definition) is 3. The summed E-state index contributed by atoms with van der Waals surface area (Å²) in [5.74, 6) is -1.06. The largest absolute Gasteiger partial charge is 0.480 e. The van der Waals surface area contributed by atoms with Crippen LogP contribution < -0.4 is 10.6 Å². The number of benzene rings is 1. The number of amides is 2. The maximum atomic E-state index is 11.5. The van der Waals surface area contributed by atoms with Crippen LogP contribution in [-0.2, 0) is 4.79 Å². The van der Waals surface area contributed by atoms with Crippen LogP contribution in [0.25, 0.3) is 0 Å². The molecular weight excluding hydrogens is 220 g/mol. The maximum Gasteiger partial charge on any atom is 0.325 e. The van der Waals surface area contributed by atoms with Gasteiger partial charge in [0.25, 0.3) is 0 Å². The van der Waals surface area contributed by atoms with Crippen molar-refractivity contribution in [1.82, 2.24) is 10.6 Å². The summed E-state index contributed by atoms with van der Waals surface area (Å²) in [5, 5.41) is 13.6. The molecular formula is C12H16N2O3. The molecule has 1 unspecified atom stereocenters. The van der Waals surface area contributed by atoms with E-state index in [-0.39, 0.29) is 6.04 Å². The second-order valence-corrected chi connectivity index (χ2v) is 3.81. The van der Waals surface area contributed by atoms with Gasteiger partial charge in [-0.3, -0.25) is 4.79 Å². The van der Waals surface area contributed by atoms with E-state index in [0.717, 1.165) is 5.56 Å². The number of carboxylic acid groups (broad SMARTS) is 1. The number of carboxylic acids is 1. The average Bonchev–Trinajstić information content (AvgIpc) is 2.29. The summed E-state index contributed by atoms with van der Waals surface area (Å²) in [6.45, 7) is 3.25. The molecule has 0 aliphatic heterocycles. The van der Waals surface area contributed by atoms with Gasteiger partial charge in [-0.05, 0) is 19.4 Å². The Morgan fingerprint density at radius 2 is 1.71 bits per heavy atom. The fraction of sp³-hybridized carbons (Fsp3) is 0.333. The van der Waals surface area contributed by atoms with Gasteiger partial charge in [0.15, 0.2) is 0 Å². The highest BCUT2D eigenvalue weighted by atomic mass is 16.4. The normalized spacial score (nSPS) is 13.5. The first-order valence-corrected chi connectivity index (χ1v) is 5.35. The van der Waals surface area contributed by atoms with Gasteiger partial charge in [-0.1, -0.05) is 30.3 Å². The Kier molecular flexibility index (Phi) is 4.51. The lowest BCUT2D eigenvalue weighted by atomic mass is 10.1. The van der Waals surface area contributed by atoms with E-state index in [2.05, 4.69) is 10.6 Å². The third-order valence-electron chi connectivity index (χ3n) is 2.37. The minimum absolute atomic E-state index is 0.169. The molecule has 0 aliphatic rings. The first kappa shape index (κ1) is 13.0. The number of hydrogen-bond acceptors (Lipinski definition) is 2. The van der Waals surface area contributed by atoms with Gasteiger partial charge in [0.1, 0.15) is 6.04 Å². The first-order valence-electron chi connectivity index (χ1n) is 5.35. The van der Waals surface area contributed by atoms with E-state index >= 15 is 0 Å². The van der Waals surface area contributed by atoms with E-state index in [4.69, 9.17) is 5.11 Å². The second-order valence-electron chi connectivity index (χ2n) is 3.81. The summed E-state index contributed by atoms with van der Waals surface area (Å²) in [6, 6.07) is 7.88. The summed E-state index contributed by atoms with van der Waals surface area (Å²) in [5.41, 5.74) is 0.964. The Balaban J connectivity index is 2.49. The zero-order chi connectivity index (χ0) is 12.8. The van der Waals surface area contributed by atoms with Gasteiger partial charge in [0.05, 0.1) is 6.04 Å². The molecule has 0 heterocycles. The van der Waals surface area contributed by atoms with Gasteiger partial charge in [-0.2, -0.15) is 0 Å². The van der Waals surface area contributed by atoms with E-state index in [0.29, 0.717) is 0 Å². The van der Waals surface area contributed by atoms with Gasteiger partial charge in [0, 0.05) is 0 Å². The molecule has 2 atom stereocenters. The number of carbonyl (C=O) groups excluding carboxylic acids is 1. The molecule has 0 aromatic heterocycles. The molecule has 0 aliphatic carbocycles. The molecule has 0 fully saturated rings. The van der Waals surface area contributed by atoms with Gasteiger partial charge in [-0.25, -0.2) is 4.79 Å². The molecule has 17 heavy (non-hydrogen) atoms. The molecule has 1 rings (SSSR count). The first-order chi connectivity index (χ1) is 8.00. The highest BCUT2D eigenvalue weighted by Gasteiger charge is 2.15. The molecule has 0 bridgehead atoms. The summed E-state index contributed by atoms with van der Waals surface area (Å²) in [6.07, 6.45) is 0. The van der Waals surface area contributed by atoms with Crippen LogP contribution in [0.3, 0.4) is 0 Å². The maximum absolute atomic E-state index is 11.5. The number of rotatable bonds is 4. The Morgan fingerprint density at radius 3 is 2.24 bits per heavy atom. The molecule has 0 radical (unpaired) electrons. The zero-order valence-electron chi connectivity index (χ0n) is 9.81. The second kappa shape index (κ2) is 5.89. The lowest BCUT2D eigenvalue weighted by Gasteiger charge is -2.16. The monoisotopic (exact) mass is 236 g/mol. The van der Waals surface area contributed by atoms with Crippen LogP contribution in [-0.4, -0.2) is 23.1 Å². The highest BCUT2D eigenvalue weighted by molar-refractivity contribution is 5.82. The predicted molar refractivity (Wildman–Crippen MR) is 63.6 cm³/mol. The van der Waals surface area contributed by atoms with Crippen LogP contribution in [0.5, 0.6) is 0 Å². The molecule has 3 N–H and O–H groups in total. The molecule has 2 amide bonds. The van der Waals surface area contributed by atoms with Crippen molar-refractivity contribution in [1.29, 1.82) is 0 Å². The molecule has 92 valence electrons. The van der Waals surface area contributed by atoms with Crippen LogP contribution in [0.4, 0.5) is 4.79 Å². The summed E-state index contributed by atoms with van der Waals surface area (Å²) in [7, 11) is 0. The summed E-state index contributed by atoms with van der Waals surface area (Å²) < 4.78 is 0. The van der Waals surface area contributed by atoms with Gasteiger partial charge in [0.2, 0.25) is 0 Å². The third kappa shape index (κ3) is 4.14. The van der Waals surface area contributed by atoms with Crippen molar-refractivity contribution in [2.24, 2.45) is 0 Å². The number of aliphatic carboxylic acids is 1. The fourth-order valence-electron chi connectivity index (χ4n) is 1.32. The summed E-state index contributed by atoms with van der Waals surface area (Å²) in [4.78, 5) is 22.0. The lowest BCUT2D eigenvalue weighted by Crippen LogP contribution is -2.45. The number of nitrogens with one attached hydrogen (secondary N) is 2. The molecule has 5 heteroatoms. The SMILES string of the molecule is CC(NC(=O)N[C@H](C)C(=O)O)c1ccccc1. The molecule has 5 nitrogen and oxygen atoms in total. The van der Waals surface area contributed by atoms with E-state index in [1.807, 2.05) is 37.3 Å². The van der Waals surface area contributed by atoms with Crippen molar-refractivity contribution in [3.63, 3.8) is 0 Å². The molecule has 0 spiro atoms. The molecule has 0 saturated carbocycles. The van der Waals surface area contributed by atoms with Gasteiger partial charge >= 0.3 is 12.0 Å². The van der Waals surface area contributed by atoms with E-state index in [1.54, 1.807) is 0 Å². The van der Waals surface area contributed by atoms with E-state index in [1.165, 1.54) is 6.92 Å². The van der Waals surface area contributed by atoms with Gasteiger partial charge < -0.3 is 15.7 Å². The Bertz CT molecular complexity index is 392. The third-order valence-corrected chi connectivity index (χ3v) is 2.37. The van der Waals surface area contributed by atoms with E-state index in [9.17, 15) is 9.59 Å². The zero-order valence-corrected chi connectivity index (χ0v) is 9.81. The average molecular weight is 236 g/mol. The Hall–Kier alpha value is -2.04. The molecule has 0 saturated heterocycles. The topological polar surface area (TPSA) is 78.4 Å². The van der Waals surface area contributed by atoms with Crippen LogP contribution in [0.2, 0.25) is 0 Å². The van der Waals surface area contributed by atoms with E-state index < -0.39 is 18.0 Å². The number of carbonyl (C=O) groups is 2. The minimum Gasteiger partial charge on any atom is -0.480 e. The predicted octanol–water partition coefficient (Wildman–Crippen LogP) is 1.52. The highest BCUT2D eigenvalue weighted by Crippen LogP contribution is 2.10. The summed E-state index contributed by atoms with van der Waals surface area (Å²) >= 11 is 0. The van der Waals surface area contributed by atoms with Gasteiger partial charge in [-0.15, -0.1) is 0 Å². The van der Waals surface area contributed by atoms with Crippen molar-refractivity contribution < 1.29 is 14.7 Å². The number of urea groups is 1. The van der Waals surface area contributed by atoms with Crippen molar-refractivity contribution in [3.8, 4) is 0 Å². The quantitative estimate of drug-likeness (QED) is 0.741. The molecule has 1 aromatic rings. The van der Waals surface area contributed by atoms with Crippen molar-refractivity contribution >= 4 is 12.0 Å². The lowest BCUT2D eigenvalue weighted by molar-refractivity contribution is -0.138. The fourth-order valence-corrected chi connectivity index (χ4v) is 1.32. The van der Waals surface area contributed by atoms with Crippen molar-refractivity contribution in [2.45, 2.75) is 25.9 Å². The Morgan fingerprint density at radius 1 is 1.12 bits per heavy atom. The van der Waals surface area contributed by atoms with Crippen LogP contribution in [0.15, 0.2) is 30.3 Å². The minimum atomic E-state index is -1.06. The Labute approximate surface area is 99.8 Å². The van der Waals surface area contributed by atoms with Crippen molar-refractivity contribution in [3.05, 3.63) is 35.9 Å². The smallest absolute Gasteiger partial charge is 0.325 e. The van der Waals surface area contributed by atoms with Crippen LogP contribution in [0.1, 0.15) is 25.5 Å². The standard InChI is InChI=1S/C12H16N2O3/c1-8(10-6-4-3-5-7-10)13-12(17)14-9(2)11(15)16/h3-9H,1-2H3,(H,15,16)(H2,13,14,17)/t8?,9-/m1/s1. The molecule has 1 aromatic carbocycles. The van der Waals surface area contributed by atoms with Crippen molar-refractivity contribution in [2.75, 3.05) is 0 Å². The van der Waals surface area contributed by atoms with Crippen LogP contribution >= 0.6 is 0 Å².